The summed E-state index contributed by atoms with van der Waals surface area (Å²) >= 11 is 2.11. The van der Waals surface area contributed by atoms with E-state index in [4.69, 9.17) is 9.15 Å². The monoisotopic (exact) mass is 490 g/mol. The van der Waals surface area contributed by atoms with Gasteiger partial charge in [0.25, 0.3) is 0 Å². The van der Waals surface area contributed by atoms with Crippen molar-refractivity contribution in [3.63, 3.8) is 0 Å². The Kier molecular flexibility index (Phi) is 6.08. The van der Waals surface area contributed by atoms with Gasteiger partial charge in [-0.05, 0) is 85.3 Å². The second kappa shape index (κ2) is 8.51. The predicted molar refractivity (Wildman–Crippen MR) is 115 cm³/mol. The molecule has 0 saturated heterocycles. The summed E-state index contributed by atoms with van der Waals surface area (Å²) in [7, 11) is 0. The van der Waals surface area contributed by atoms with E-state index in [0.29, 0.717) is 11.4 Å². The summed E-state index contributed by atoms with van der Waals surface area (Å²) < 4.78 is 11.7. The van der Waals surface area contributed by atoms with Gasteiger partial charge in [-0.3, -0.25) is 4.98 Å². The van der Waals surface area contributed by atoms with Crippen LogP contribution in [0.5, 0.6) is 0 Å². The molecule has 0 spiro atoms. The normalized spacial score (nSPS) is 11.6. The number of amides is 1. The summed E-state index contributed by atoms with van der Waals surface area (Å²) in [6.07, 6.45) is 5.73. The Bertz CT molecular complexity index is 963. The van der Waals surface area contributed by atoms with Crippen LogP contribution >= 0.6 is 22.6 Å². The largest absolute Gasteiger partial charge is 0.442 e. The van der Waals surface area contributed by atoms with E-state index in [0.717, 1.165) is 14.8 Å². The Balaban J connectivity index is 1.90. The second-order valence-corrected chi connectivity index (χ2v) is 7.86. The fourth-order valence-electron chi connectivity index (χ4n) is 2.27. The molecule has 28 heavy (non-hydrogen) atoms. The van der Waals surface area contributed by atoms with Gasteiger partial charge in [0.1, 0.15) is 9.30 Å². The summed E-state index contributed by atoms with van der Waals surface area (Å²) in [5.41, 5.74) is 1.60. The molecule has 8 heteroatoms. The van der Waals surface area contributed by atoms with Crippen molar-refractivity contribution in [1.29, 1.82) is 0 Å². The molecule has 0 atom stereocenters. The molecule has 3 rings (SSSR count). The van der Waals surface area contributed by atoms with Crippen LogP contribution in [0.2, 0.25) is 0 Å². The first-order valence-electron chi connectivity index (χ1n) is 8.50. The number of anilines is 1. The summed E-state index contributed by atoms with van der Waals surface area (Å²) in [5, 5.41) is 5.55. The molecule has 3 aromatic rings. The molecule has 0 saturated carbocycles. The molecule has 144 valence electrons. The molecular weight excluding hydrogens is 471 g/mol. The number of carbonyl (C=O) groups excluding carboxylic acids is 1. The van der Waals surface area contributed by atoms with Crippen LogP contribution in [0.25, 0.3) is 11.3 Å². The number of carbonyl (C=O) groups is 1. The van der Waals surface area contributed by atoms with Gasteiger partial charge < -0.3 is 9.15 Å². The highest BCUT2D eigenvalue weighted by molar-refractivity contribution is 14.1. The Morgan fingerprint density at radius 3 is 2.43 bits per heavy atom. The van der Waals surface area contributed by atoms with Crippen LogP contribution < -0.4 is 5.01 Å². The summed E-state index contributed by atoms with van der Waals surface area (Å²) in [6.45, 7) is 5.43. The molecule has 0 aliphatic rings. The van der Waals surface area contributed by atoms with Crippen molar-refractivity contribution in [3.05, 3.63) is 64.4 Å². The average Bonchev–Trinajstić information content (AvgIpc) is 3.08. The number of hydrazone groups is 1. The van der Waals surface area contributed by atoms with Crippen LogP contribution in [0.15, 0.2) is 64.7 Å². The molecule has 0 radical (unpaired) electrons. The lowest BCUT2D eigenvalue weighted by Crippen LogP contribution is -2.33. The smallest absolute Gasteiger partial charge is 0.435 e. The molecule has 2 heterocycles. The Hall–Kier alpha value is -2.75. The Labute approximate surface area is 176 Å². The number of hydrogen-bond donors (Lipinski definition) is 0. The average molecular weight is 490 g/mol. The predicted octanol–water partition coefficient (Wildman–Crippen LogP) is 5.12. The zero-order chi connectivity index (χ0) is 20.1. The number of pyridine rings is 1. The van der Waals surface area contributed by atoms with Crippen molar-refractivity contribution in [2.45, 2.75) is 26.4 Å². The van der Waals surface area contributed by atoms with Crippen LogP contribution in [0.4, 0.5) is 10.5 Å². The molecule has 0 aliphatic carbocycles. The van der Waals surface area contributed by atoms with Crippen molar-refractivity contribution in [3.8, 4) is 11.3 Å². The van der Waals surface area contributed by atoms with E-state index in [-0.39, 0.29) is 0 Å². The maximum atomic E-state index is 12.7. The van der Waals surface area contributed by atoms with Crippen molar-refractivity contribution in [1.82, 2.24) is 9.97 Å². The van der Waals surface area contributed by atoms with Crippen LogP contribution in [0.3, 0.4) is 0 Å². The number of hydrogen-bond acceptors (Lipinski definition) is 6. The fourth-order valence-corrected chi connectivity index (χ4v) is 2.82. The highest BCUT2D eigenvalue weighted by Gasteiger charge is 2.23. The molecule has 1 aromatic carbocycles. The molecule has 2 aromatic heterocycles. The minimum absolute atomic E-state index is 0.567. The van der Waals surface area contributed by atoms with Crippen LogP contribution in [-0.4, -0.2) is 27.9 Å². The third-order valence-corrected chi connectivity index (χ3v) is 4.26. The molecule has 0 bridgehead atoms. The van der Waals surface area contributed by atoms with Crippen LogP contribution in [-0.2, 0) is 4.74 Å². The number of rotatable bonds is 4. The summed E-state index contributed by atoms with van der Waals surface area (Å²) in [6, 6.07) is 10.8. The van der Waals surface area contributed by atoms with E-state index >= 15 is 0 Å². The van der Waals surface area contributed by atoms with E-state index < -0.39 is 11.7 Å². The van der Waals surface area contributed by atoms with Crippen molar-refractivity contribution < 1.29 is 13.9 Å². The zero-order valence-electron chi connectivity index (χ0n) is 15.7. The molecule has 1 amide bonds. The first-order valence-corrected chi connectivity index (χ1v) is 9.58. The number of benzene rings is 1. The van der Waals surface area contributed by atoms with Gasteiger partial charge in [0, 0.05) is 18.0 Å². The summed E-state index contributed by atoms with van der Waals surface area (Å²) in [4.78, 5) is 20.8. The van der Waals surface area contributed by atoms with Gasteiger partial charge in [0.15, 0.2) is 12.2 Å². The number of nitrogens with zero attached hydrogens (tertiary/aromatic N) is 4. The minimum Gasteiger partial charge on any atom is -0.442 e. The van der Waals surface area contributed by atoms with E-state index in [2.05, 4.69) is 37.7 Å². The van der Waals surface area contributed by atoms with Gasteiger partial charge >= 0.3 is 6.09 Å². The summed E-state index contributed by atoms with van der Waals surface area (Å²) in [5.74, 6) is 0.677. The number of oxazole rings is 1. The number of ether oxygens (including phenoxy) is 1. The minimum atomic E-state index is -0.641. The van der Waals surface area contributed by atoms with Gasteiger partial charge in [0.05, 0.1) is 11.9 Å². The van der Waals surface area contributed by atoms with E-state index in [1.807, 2.05) is 32.9 Å². The van der Waals surface area contributed by atoms with Crippen LogP contribution in [0, 0.1) is 3.70 Å². The maximum Gasteiger partial charge on any atom is 0.435 e. The lowest BCUT2D eigenvalue weighted by atomic mass is 10.1. The van der Waals surface area contributed by atoms with Gasteiger partial charge in [-0.25, -0.2) is 9.78 Å². The topological polar surface area (TPSA) is 80.8 Å². The van der Waals surface area contributed by atoms with Crippen molar-refractivity contribution in [2.75, 3.05) is 5.01 Å². The highest BCUT2D eigenvalue weighted by Crippen LogP contribution is 2.27. The Morgan fingerprint density at radius 2 is 1.86 bits per heavy atom. The lowest BCUT2D eigenvalue weighted by molar-refractivity contribution is 0.0581. The molecular formula is C20H19IN4O3. The molecule has 0 aliphatic heterocycles. The Morgan fingerprint density at radius 1 is 1.18 bits per heavy atom. The molecule has 0 unspecified atom stereocenters. The lowest BCUT2D eigenvalue weighted by Gasteiger charge is -2.24. The first-order chi connectivity index (χ1) is 13.3. The highest BCUT2D eigenvalue weighted by atomic mass is 127. The van der Waals surface area contributed by atoms with Gasteiger partial charge in [-0.15, -0.1) is 0 Å². The molecule has 7 nitrogen and oxygen atoms in total. The molecule has 0 N–H and O–H groups in total. The number of aromatic nitrogens is 2. The van der Waals surface area contributed by atoms with E-state index in [1.54, 1.807) is 42.9 Å². The third kappa shape index (κ3) is 5.16. The first kappa shape index (κ1) is 20.0. The standard InChI is InChI=1S/C20H19IN4O3/c1-20(2,3)28-19(26)25(24-12-14-8-10-22-11-9-14)16-6-4-15(5-7-16)17-18(21)23-13-27-17/h4-13H,1-3H3/b24-12+. The van der Waals surface area contributed by atoms with Gasteiger partial charge in [0.2, 0.25) is 0 Å². The second-order valence-electron chi connectivity index (χ2n) is 6.84. The molecule has 0 fully saturated rings. The van der Waals surface area contributed by atoms with Crippen molar-refractivity contribution >= 4 is 40.6 Å². The van der Waals surface area contributed by atoms with Crippen molar-refractivity contribution in [2.24, 2.45) is 5.10 Å². The SMILES string of the molecule is CC(C)(C)OC(=O)N(/N=C/c1ccncc1)c1ccc(-c2ocnc2I)cc1. The zero-order valence-corrected chi connectivity index (χ0v) is 17.8. The quantitative estimate of drug-likeness (QED) is 0.288. The fraction of sp³-hybridized carbons (Fsp3) is 0.200. The van der Waals surface area contributed by atoms with Crippen LogP contribution in [0.1, 0.15) is 26.3 Å². The third-order valence-electron chi connectivity index (χ3n) is 3.49. The number of halogens is 1. The van der Waals surface area contributed by atoms with Gasteiger partial charge in [-0.2, -0.15) is 10.1 Å². The van der Waals surface area contributed by atoms with E-state index in [1.165, 1.54) is 11.4 Å². The maximum absolute atomic E-state index is 12.7. The van der Waals surface area contributed by atoms with Gasteiger partial charge in [-0.1, -0.05) is 0 Å². The van der Waals surface area contributed by atoms with E-state index in [9.17, 15) is 4.79 Å².